The number of aryl methyl sites for hydroxylation is 1. The molecule has 3 rings (SSSR count). The van der Waals surface area contributed by atoms with Crippen LogP contribution in [0.1, 0.15) is 24.1 Å². The highest BCUT2D eigenvalue weighted by molar-refractivity contribution is 5.37. The van der Waals surface area contributed by atoms with Crippen LogP contribution in [0.15, 0.2) is 36.7 Å². The second-order valence-corrected chi connectivity index (χ2v) is 5.54. The van der Waals surface area contributed by atoms with Crippen molar-refractivity contribution in [1.29, 1.82) is 0 Å². The normalized spacial score (nSPS) is 21.3. The predicted molar refractivity (Wildman–Crippen MR) is 78.8 cm³/mol. The molecule has 2 heterocycles. The Hall–Kier alpha value is -1.81. The molecule has 4 nitrogen and oxygen atoms in total. The minimum atomic E-state index is 0.358. The fourth-order valence-electron chi connectivity index (χ4n) is 2.73. The van der Waals surface area contributed by atoms with Gasteiger partial charge in [0.15, 0.2) is 0 Å². The third-order valence-electron chi connectivity index (χ3n) is 3.79. The molecular weight excluding hydrogens is 250 g/mol. The van der Waals surface area contributed by atoms with Gasteiger partial charge < -0.3 is 10.1 Å². The van der Waals surface area contributed by atoms with Crippen molar-refractivity contribution in [2.75, 3.05) is 13.2 Å². The number of nitrogens with one attached hydrogen (secondary N) is 1. The molecule has 1 aromatic carbocycles. The van der Waals surface area contributed by atoms with Crippen LogP contribution in [-0.4, -0.2) is 22.9 Å². The number of hydrogen-bond acceptors (Lipinski definition) is 3. The van der Waals surface area contributed by atoms with E-state index in [-0.39, 0.29) is 0 Å². The first-order chi connectivity index (χ1) is 9.74. The summed E-state index contributed by atoms with van der Waals surface area (Å²) in [7, 11) is 0. The van der Waals surface area contributed by atoms with Crippen LogP contribution in [-0.2, 0) is 6.54 Å². The van der Waals surface area contributed by atoms with Crippen molar-refractivity contribution in [3.8, 4) is 5.75 Å². The van der Waals surface area contributed by atoms with Gasteiger partial charge in [0.05, 0.1) is 19.3 Å². The smallest absolute Gasteiger partial charge is 0.124 e. The second kappa shape index (κ2) is 5.67. The van der Waals surface area contributed by atoms with Crippen LogP contribution in [0, 0.1) is 12.8 Å². The van der Waals surface area contributed by atoms with E-state index in [0.717, 1.165) is 25.4 Å². The summed E-state index contributed by atoms with van der Waals surface area (Å²) in [6.07, 6.45) is 3.97. The van der Waals surface area contributed by atoms with Gasteiger partial charge in [0.1, 0.15) is 5.75 Å². The molecule has 0 spiro atoms. The Labute approximate surface area is 119 Å². The Morgan fingerprint density at radius 1 is 1.40 bits per heavy atom. The van der Waals surface area contributed by atoms with Crippen LogP contribution in [0.2, 0.25) is 0 Å². The van der Waals surface area contributed by atoms with Gasteiger partial charge in [0, 0.05) is 30.3 Å². The van der Waals surface area contributed by atoms with Crippen molar-refractivity contribution in [1.82, 2.24) is 15.1 Å². The van der Waals surface area contributed by atoms with Gasteiger partial charge in [-0.3, -0.25) is 4.68 Å². The van der Waals surface area contributed by atoms with Crippen LogP contribution in [0.3, 0.4) is 0 Å². The fourth-order valence-corrected chi connectivity index (χ4v) is 2.73. The molecule has 0 amide bonds. The number of benzene rings is 1. The van der Waals surface area contributed by atoms with E-state index in [9.17, 15) is 0 Å². The van der Waals surface area contributed by atoms with E-state index in [1.807, 2.05) is 23.0 Å². The lowest BCUT2D eigenvalue weighted by Gasteiger charge is -2.32. The lowest BCUT2D eigenvalue weighted by molar-refractivity contribution is 0.187. The van der Waals surface area contributed by atoms with Gasteiger partial charge in [-0.05, 0) is 18.6 Å². The highest BCUT2D eigenvalue weighted by Crippen LogP contribution is 2.34. The van der Waals surface area contributed by atoms with Crippen LogP contribution in [0.5, 0.6) is 5.75 Å². The lowest BCUT2D eigenvalue weighted by Crippen LogP contribution is -2.35. The molecular formula is C16H21N3O. The van der Waals surface area contributed by atoms with Crippen molar-refractivity contribution in [2.45, 2.75) is 26.4 Å². The molecule has 0 saturated heterocycles. The van der Waals surface area contributed by atoms with Crippen LogP contribution in [0.25, 0.3) is 0 Å². The molecule has 106 valence electrons. The number of ether oxygens (including phenoxy) is 1. The van der Waals surface area contributed by atoms with Gasteiger partial charge >= 0.3 is 0 Å². The van der Waals surface area contributed by atoms with E-state index in [2.05, 4.69) is 42.6 Å². The topological polar surface area (TPSA) is 39.1 Å². The first-order valence-corrected chi connectivity index (χ1v) is 7.18. The first-order valence-electron chi connectivity index (χ1n) is 7.18. The number of rotatable bonds is 4. The molecule has 1 aliphatic rings. The molecule has 2 aromatic rings. The van der Waals surface area contributed by atoms with E-state index >= 15 is 0 Å². The van der Waals surface area contributed by atoms with Crippen molar-refractivity contribution in [3.63, 3.8) is 0 Å². The highest BCUT2D eigenvalue weighted by Gasteiger charge is 2.26. The Bertz CT molecular complexity index is 579. The van der Waals surface area contributed by atoms with Crippen LogP contribution < -0.4 is 10.1 Å². The van der Waals surface area contributed by atoms with E-state index in [4.69, 9.17) is 4.74 Å². The maximum absolute atomic E-state index is 5.78. The lowest BCUT2D eigenvalue weighted by atomic mass is 9.92. The van der Waals surface area contributed by atoms with Gasteiger partial charge in [0.25, 0.3) is 0 Å². The van der Waals surface area contributed by atoms with Crippen molar-refractivity contribution >= 4 is 0 Å². The summed E-state index contributed by atoms with van der Waals surface area (Å²) in [5.41, 5.74) is 2.47. The largest absolute Gasteiger partial charge is 0.493 e. The molecule has 20 heavy (non-hydrogen) atoms. The summed E-state index contributed by atoms with van der Waals surface area (Å²) in [6.45, 7) is 6.86. The van der Waals surface area contributed by atoms with Gasteiger partial charge in [-0.15, -0.1) is 0 Å². The van der Waals surface area contributed by atoms with E-state index in [1.165, 1.54) is 11.1 Å². The summed E-state index contributed by atoms with van der Waals surface area (Å²) in [4.78, 5) is 0. The van der Waals surface area contributed by atoms with Crippen LogP contribution in [0.4, 0.5) is 0 Å². The monoisotopic (exact) mass is 271 g/mol. The second-order valence-electron chi connectivity index (χ2n) is 5.54. The molecule has 1 N–H and O–H groups in total. The number of para-hydroxylation sites is 1. The van der Waals surface area contributed by atoms with Gasteiger partial charge in [-0.2, -0.15) is 5.10 Å². The Morgan fingerprint density at radius 3 is 3.05 bits per heavy atom. The fraction of sp³-hybridized carbons (Fsp3) is 0.438. The standard InChI is InChI=1S/C16H21N3O/c1-12-9-18-19(10-12)8-7-17-16-13(2)11-20-15-6-4-3-5-14(15)16/h3-6,9-10,13,16-17H,7-8,11H2,1-2H3. The number of aromatic nitrogens is 2. The molecule has 2 atom stereocenters. The molecule has 0 radical (unpaired) electrons. The number of nitrogens with zero attached hydrogens (tertiary/aromatic N) is 2. The summed E-state index contributed by atoms with van der Waals surface area (Å²) in [5.74, 6) is 1.49. The Kier molecular flexibility index (Phi) is 3.74. The maximum atomic E-state index is 5.78. The summed E-state index contributed by atoms with van der Waals surface area (Å²) in [6, 6.07) is 8.66. The molecule has 0 bridgehead atoms. The van der Waals surface area contributed by atoms with E-state index < -0.39 is 0 Å². The van der Waals surface area contributed by atoms with Gasteiger partial charge in [-0.1, -0.05) is 25.1 Å². The molecule has 1 aliphatic heterocycles. The van der Waals surface area contributed by atoms with Gasteiger partial charge in [0.2, 0.25) is 0 Å². The average molecular weight is 271 g/mol. The van der Waals surface area contributed by atoms with Gasteiger partial charge in [-0.25, -0.2) is 0 Å². The van der Waals surface area contributed by atoms with Crippen molar-refractivity contribution < 1.29 is 4.74 Å². The minimum Gasteiger partial charge on any atom is -0.493 e. The quantitative estimate of drug-likeness (QED) is 0.929. The molecule has 4 heteroatoms. The zero-order valence-electron chi connectivity index (χ0n) is 12.0. The summed E-state index contributed by atoms with van der Waals surface area (Å²) in [5, 5.41) is 7.96. The van der Waals surface area contributed by atoms with Crippen LogP contribution >= 0.6 is 0 Å². The molecule has 2 unspecified atom stereocenters. The zero-order valence-corrected chi connectivity index (χ0v) is 12.0. The third kappa shape index (κ3) is 2.70. The minimum absolute atomic E-state index is 0.358. The van der Waals surface area contributed by atoms with Crippen molar-refractivity contribution in [3.05, 3.63) is 47.8 Å². The summed E-state index contributed by atoms with van der Waals surface area (Å²) < 4.78 is 7.76. The average Bonchev–Trinajstić information content (AvgIpc) is 2.87. The van der Waals surface area contributed by atoms with E-state index in [0.29, 0.717) is 12.0 Å². The molecule has 0 aliphatic carbocycles. The maximum Gasteiger partial charge on any atom is 0.124 e. The predicted octanol–water partition coefficient (Wildman–Crippen LogP) is 2.55. The molecule has 0 saturated carbocycles. The van der Waals surface area contributed by atoms with Crippen molar-refractivity contribution in [2.24, 2.45) is 5.92 Å². The Balaban J connectivity index is 1.64. The zero-order chi connectivity index (χ0) is 13.9. The number of hydrogen-bond donors (Lipinski definition) is 1. The molecule has 0 fully saturated rings. The highest BCUT2D eigenvalue weighted by atomic mass is 16.5. The van der Waals surface area contributed by atoms with E-state index in [1.54, 1.807) is 0 Å². The third-order valence-corrected chi connectivity index (χ3v) is 3.79. The first kappa shape index (κ1) is 13.2. The number of fused-ring (bicyclic) bond motifs is 1. The Morgan fingerprint density at radius 2 is 2.25 bits per heavy atom. The SMILES string of the molecule is Cc1cnn(CCNC2c3ccccc3OCC2C)c1. The molecule has 1 aromatic heterocycles. The summed E-state index contributed by atoms with van der Waals surface area (Å²) >= 11 is 0.